The summed E-state index contributed by atoms with van der Waals surface area (Å²) in [4.78, 5) is 0. The summed E-state index contributed by atoms with van der Waals surface area (Å²) in [5.74, 6) is 0. The van der Waals surface area contributed by atoms with Crippen LogP contribution in [-0.2, 0) is 19.4 Å². The van der Waals surface area contributed by atoms with Crippen LogP contribution in [0.1, 0.15) is 36.1 Å². The summed E-state index contributed by atoms with van der Waals surface area (Å²) in [7, 11) is 0. The summed E-state index contributed by atoms with van der Waals surface area (Å²) < 4.78 is 0. The molecule has 0 saturated carbocycles. The van der Waals surface area contributed by atoms with Gasteiger partial charge in [0, 0.05) is 0 Å². The van der Waals surface area contributed by atoms with Gasteiger partial charge in [-0.3, -0.25) is 0 Å². The van der Waals surface area contributed by atoms with Crippen molar-refractivity contribution in [2.24, 2.45) is 0 Å². The molecule has 0 heterocycles. The second-order valence-corrected chi connectivity index (χ2v) is 3.42. The van der Waals surface area contributed by atoms with Gasteiger partial charge in [-0.05, 0) is 42.0 Å². The van der Waals surface area contributed by atoms with Crippen molar-refractivity contribution < 1.29 is 5.11 Å². The minimum Gasteiger partial charge on any atom is -0.392 e. The molecule has 0 fully saturated rings. The third kappa shape index (κ3) is 2.10. The first-order valence-electron chi connectivity index (χ1n) is 4.95. The highest BCUT2D eigenvalue weighted by Gasteiger charge is 2.04. The second-order valence-electron chi connectivity index (χ2n) is 3.42. The van der Waals surface area contributed by atoms with Crippen molar-refractivity contribution in [3.8, 4) is 0 Å². The second kappa shape index (κ2) is 4.43. The van der Waals surface area contributed by atoms with Crippen molar-refractivity contribution in [2.45, 2.75) is 40.2 Å². The average molecular weight is 178 g/mol. The van der Waals surface area contributed by atoms with Gasteiger partial charge in [0.15, 0.2) is 0 Å². The lowest BCUT2D eigenvalue weighted by molar-refractivity contribution is 0.280. The third-order valence-electron chi connectivity index (χ3n) is 2.57. The molecule has 0 aromatic heterocycles. The van der Waals surface area contributed by atoms with Crippen LogP contribution in [0.25, 0.3) is 0 Å². The molecule has 0 unspecified atom stereocenters. The maximum atomic E-state index is 9.19. The molecule has 0 bridgehead atoms. The predicted molar refractivity (Wildman–Crippen MR) is 55.9 cm³/mol. The zero-order chi connectivity index (χ0) is 9.84. The molecule has 13 heavy (non-hydrogen) atoms. The number of aliphatic hydroxyl groups excluding tert-OH is 1. The standard InChI is InChI=1S/C12H18O/c1-4-10-6-9(3)12(8-13)11(5-2)7-10/h6-7,13H,4-5,8H2,1-3H3. The predicted octanol–water partition coefficient (Wildman–Crippen LogP) is 2.61. The summed E-state index contributed by atoms with van der Waals surface area (Å²) in [5.41, 5.74) is 4.99. The van der Waals surface area contributed by atoms with Crippen LogP contribution in [0.3, 0.4) is 0 Å². The molecule has 1 N–H and O–H groups in total. The summed E-state index contributed by atoms with van der Waals surface area (Å²) in [6.07, 6.45) is 2.07. The fourth-order valence-corrected chi connectivity index (χ4v) is 1.72. The van der Waals surface area contributed by atoms with Crippen LogP contribution in [0.2, 0.25) is 0 Å². The van der Waals surface area contributed by atoms with Gasteiger partial charge in [0.05, 0.1) is 6.61 Å². The van der Waals surface area contributed by atoms with Crippen molar-refractivity contribution in [1.29, 1.82) is 0 Å². The molecule has 0 radical (unpaired) electrons. The third-order valence-corrected chi connectivity index (χ3v) is 2.57. The fourth-order valence-electron chi connectivity index (χ4n) is 1.72. The van der Waals surface area contributed by atoms with E-state index in [9.17, 15) is 5.11 Å². The monoisotopic (exact) mass is 178 g/mol. The topological polar surface area (TPSA) is 20.2 Å². The van der Waals surface area contributed by atoms with E-state index in [1.54, 1.807) is 0 Å². The van der Waals surface area contributed by atoms with Crippen molar-refractivity contribution >= 4 is 0 Å². The van der Waals surface area contributed by atoms with E-state index >= 15 is 0 Å². The van der Waals surface area contributed by atoms with Crippen LogP contribution < -0.4 is 0 Å². The largest absolute Gasteiger partial charge is 0.392 e. The van der Waals surface area contributed by atoms with Gasteiger partial charge in [0.2, 0.25) is 0 Å². The normalized spacial score (nSPS) is 10.5. The van der Waals surface area contributed by atoms with Crippen LogP contribution in [0.15, 0.2) is 12.1 Å². The van der Waals surface area contributed by atoms with Crippen LogP contribution in [0.5, 0.6) is 0 Å². The molecule has 0 atom stereocenters. The minimum absolute atomic E-state index is 0.166. The number of hydrogen-bond donors (Lipinski definition) is 1. The highest BCUT2D eigenvalue weighted by molar-refractivity contribution is 5.38. The molecule has 72 valence electrons. The van der Waals surface area contributed by atoms with Gasteiger partial charge < -0.3 is 5.11 Å². The maximum absolute atomic E-state index is 9.19. The molecule has 0 aliphatic rings. The zero-order valence-corrected chi connectivity index (χ0v) is 8.72. The summed E-state index contributed by atoms with van der Waals surface area (Å²) in [6, 6.07) is 4.38. The Morgan fingerprint density at radius 1 is 1.15 bits per heavy atom. The minimum atomic E-state index is 0.166. The Labute approximate surface area is 80.4 Å². The van der Waals surface area contributed by atoms with E-state index in [0.29, 0.717) is 0 Å². The molecule has 0 amide bonds. The highest BCUT2D eigenvalue weighted by Crippen LogP contribution is 2.18. The first kappa shape index (κ1) is 10.3. The van der Waals surface area contributed by atoms with Crippen LogP contribution in [0, 0.1) is 6.92 Å². The lowest BCUT2D eigenvalue weighted by atomic mass is 9.96. The molecule has 0 spiro atoms. The number of hydrogen-bond acceptors (Lipinski definition) is 1. The van der Waals surface area contributed by atoms with Crippen molar-refractivity contribution in [3.05, 3.63) is 34.4 Å². The summed E-state index contributed by atoms with van der Waals surface area (Å²) in [6.45, 7) is 6.53. The lowest BCUT2D eigenvalue weighted by Crippen LogP contribution is -1.98. The Bertz CT molecular complexity index is 289. The summed E-state index contributed by atoms with van der Waals surface area (Å²) in [5, 5.41) is 9.19. The van der Waals surface area contributed by atoms with Gasteiger partial charge in [0.1, 0.15) is 0 Å². The van der Waals surface area contributed by atoms with Crippen molar-refractivity contribution in [2.75, 3.05) is 0 Å². The molecular formula is C12H18O. The van der Waals surface area contributed by atoms with E-state index in [-0.39, 0.29) is 6.61 Å². The number of rotatable bonds is 3. The summed E-state index contributed by atoms with van der Waals surface area (Å²) >= 11 is 0. The maximum Gasteiger partial charge on any atom is 0.0687 e. The average Bonchev–Trinajstić information content (AvgIpc) is 2.16. The molecule has 0 saturated heterocycles. The molecule has 0 aliphatic heterocycles. The van der Waals surface area contributed by atoms with Crippen LogP contribution in [-0.4, -0.2) is 5.11 Å². The van der Waals surface area contributed by atoms with Gasteiger partial charge in [0.25, 0.3) is 0 Å². The van der Waals surface area contributed by atoms with Gasteiger partial charge >= 0.3 is 0 Å². The Kier molecular flexibility index (Phi) is 3.49. The van der Waals surface area contributed by atoms with Gasteiger partial charge in [-0.1, -0.05) is 26.0 Å². The Balaban J connectivity index is 3.20. The van der Waals surface area contributed by atoms with E-state index in [1.807, 2.05) is 0 Å². The molecule has 1 heteroatoms. The van der Waals surface area contributed by atoms with E-state index in [2.05, 4.69) is 32.9 Å². The van der Waals surface area contributed by atoms with Crippen LogP contribution in [0.4, 0.5) is 0 Å². The molecule has 1 aromatic carbocycles. The Morgan fingerprint density at radius 2 is 1.85 bits per heavy atom. The number of benzene rings is 1. The molecular weight excluding hydrogens is 160 g/mol. The van der Waals surface area contributed by atoms with E-state index < -0.39 is 0 Å². The number of aryl methyl sites for hydroxylation is 3. The zero-order valence-electron chi connectivity index (χ0n) is 8.72. The molecule has 0 aliphatic carbocycles. The molecule has 1 nitrogen and oxygen atoms in total. The number of aliphatic hydroxyl groups is 1. The van der Waals surface area contributed by atoms with Crippen molar-refractivity contribution in [1.82, 2.24) is 0 Å². The molecule has 1 aromatic rings. The fraction of sp³-hybridized carbons (Fsp3) is 0.500. The van der Waals surface area contributed by atoms with E-state index in [4.69, 9.17) is 0 Å². The smallest absolute Gasteiger partial charge is 0.0687 e. The Morgan fingerprint density at radius 3 is 2.31 bits per heavy atom. The van der Waals surface area contributed by atoms with E-state index in [0.717, 1.165) is 18.4 Å². The highest BCUT2D eigenvalue weighted by atomic mass is 16.3. The van der Waals surface area contributed by atoms with Gasteiger partial charge in [-0.15, -0.1) is 0 Å². The van der Waals surface area contributed by atoms with Crippen molar-refractivity contribution in [3.63, 3.8) is 0 Å². The lowest BCUT2D eigenvalue weighted by Gasteiger charge is -2.11. The Hall–Kier alpha value is -0.820. The SMILES string of the molecule is CCc1cc(C)c(CO)c(CC)c1. The van der Waals surface area contributed by atoms with Gasteiger partial charge in [-0.2, -0.15) is 0 Å². The first-order valence-corrected chi connectivity index (χ1v) is 4.95. The van der Waals surface area contributed by atoms with Gasteiger partial charge in [-0.25, -0.2) is 0 Å². The molecule has 1 rings (SSSR count). The van der Waals surface area contributed by atoms with E-state index in [1.165, 1.54) is 16.7 Å². The van der Waals surface area contributed by atoms with Crippen LogP contribution >= 0.6 is 0 Å². The quantitative estimate of drug-likeness (QED) is 0.754. The first-order chi connectivity index (χ1) is 6.22.